The van der Waals surface area contributed by atoms with Gasteiger partial charge in [0.2, 0.25) is 11.8 Å². The zero-order valence-electron chi connectivity index (χ0n) is 30.4. The summed E-state index contributed by atoms with van der Waals surface area (Å²) in [4.78, 5) is 40.7. The van der Waals surface area contributed by atoms with Crippen LogP contribution in [0.3, 0.4) is 0 Å². The van der Waals surface area contributed by atoms with E-state index in [1.165, 1.54) is 19.3 Å². The fourth-order valence-corrected chi connectivity index (χ4v) is 7.38. The van der Waals surface area contributed by atoms with E-state index in [2.05, 4.69) is 16.7 Å². The molecule has 3 aromatic carbocycles. The SMILES string of the molecule is O=C(C[C@H]1CC=CCCC[C@H](Cc2ccccc2)C(=O)OC[C@H](CC2CCCCC2)NC1=O)N[C@H](CO)Cc1ccc(OCc2ccccc2)cc1. The molecule has 1 aliphatic carbocycles. The molecule has 3 aromatic rings. The second-order valence-corrected chi connectivity index (χ2v) is 14.6. The first-order valence-electron chi connectivity index (χ1n) is 19.3. The van der Waals surface area contributed by atoms with E-state index in [0.29, 0.717) is 31.8 Å². The number of allylic oxidation sites excluding steroid dienone is 2. The maximum absolute atomic E-state index is 13.9. The van der Waals surface area contributed by atoms with Crippen molar-refractivity contribution in [1.29, 1.82) is 0 Å². The third kappa shape index (κ3) is 13.3. The number of cyclic esters (lactones) is 1. The molecule has 0 saturated heterocycles. The Bertz CT molecular complexity index is 1540. The Hall–Kier alpha value is -4.43. The molecule has 3 N–H and O–H groups in total. The van der Waals surface area contributed by atoms with Crippen LogP contribution in [-0.2, 0) is 38.6 Å². The molecule has 0 unspecified atom stereocenters. The van der Waals surface area contributed by atoms with Gasteiger partial charge < -0.3 is 25.2 Å². The number of carbonyl (C=O) groups excluding carboxylic acids is 3. The molecule has 1 fully saturated rings. The molecule has 52 heavy (non-hydrogen) atoms. The van der Waals surface area contributed by atoms with Gasteiger partial charge in [0.25, 0.3) is 0 Å². The highest BCUT2D eigenvalue weighted by Gasteiger charge is 2.29. The van der Waals surface area contributed by atoms with Crippen LogP contribution in [0.2, 0.25) is 0 Å². The average molecular weight is 709 g/mol. The minimum Gasteiger partial charge on any atom is -0.489 e. The van der Waals surface area contributed by atoms with Crippen LogP contribution >= 0.6 is 0 Å². The summed E-state index contributed by atoms with van der Waals surface area (Å²) in [5.74, 6) is -0.326. The van der Waals surface area contributed by atoms with Crippen molar-refractivity contribution in [2.24, 2.45) is 17.8 Å². The van der Waals surface area contributed by atoms with Gasteiger partial charge in [0.15, 0.2) is 0 Å². The molecule has 1 heterocycles. The number of amides is 2. The van der Waals surface area contributed by atoms with Gasteiger partial charge in [-0.25, -0.2) is 0 Å². The van der Waals surface area contributed by atoms with Gasteiger partial charge in [0.05, 0.1) is 30.5 Å². The van der Waals surface area contributed by atoms with Gasteiger partial charge in [-0.2, -0.15) is 0 Å². The lowest BCUT2D eigenvalue weighted by Crippen LogP contribution is -2.45. The predicted molar refractivity (Wildman–Crippen MR) is 203 cm³/mol. The second-order valence-electron chi connectivity index (χ2n) is 14.6. The lowest BCUT2D eigenvalue weighted by molar-refractivity contribution is -0.150. The third-order valence-electron chi connectivity index (χ3n) is 10.3. The number of benzene rings is 3. The van der Waals surface area contributed by atoms with Crippen molar-refractivity contribution >= 4 is 17.8 Å². The minimum absolute atomic E-state index is 0.00593. The first-order chi connectivity index (χ1) is 25.4. The first kappa shape index (κ1) is 38.8. The lowest BCUT2D eigenvalue weighted by atomic mass is 9.84. The summed E-state index contributed by atoms with van der Waals surface area (Å²) < 4.78 is 11.9. The molecule has 1 aliphatic heterocycles. The number of aliphatic hydroxyl groups excluding tert-OH is 1. The molecule has 2 aliphatic rings. The highest BCUT2D eigenvalue weighted by atomic mass is 16.5. The molecule has 0 aromatic heterocycles. The van der Waals surface area contributed by atoms with Crippen molar-refractivity contribution in [3.8, 4) is 5.75 Å². The molecule has 8 nitrogen and oxygen atoms in total. The Kier molecular flexibility index (Phi) is 15.8. The van der Waals surface area contributed by atoms with Crippen LogP contribution in [0.1, 0.15) is 87.3 Å². The molecule has 1 saturated carbocycles. The quantitative estimate of drug-likeness (QED) is 0.127. The maximum atomic E-state index is 13.9. The van der Waals surface area contributed by atoms with Crippen molar-refractivity contribution in [2.75, 3.05) is 13.2 Å². The van der Waals surface area contributed by atoms with Crippen LogP contribution in [0.25, 0.3) is 0 Å². The Morgan fingerprint density at radius 1 is 0.827 bits per heavy atom. The van der Waals surface area contributed by atoms with Crippen molar-refractivity contribution in [1.82, 2.24) is 10.6 Å². The van der Waals surface area contributed by atoms with Crippen LogP contribution in [0, 0.1) is 17.8 Å². The molecular formula is C44H56N2O6. The largest absolute Gasteiger partial charge is 0.489 e. The summed E-state index contributed by atoms with van der Waals surface area (Å²) in [5, 5.41) is 16.3. The van der Waals surface area contributed by atoms with E-state index in [0.717, 1.165) is 61.0 Å². The maximum Gasteiger partial charge on any atom is 0.309 e. The normalized spacial score (nSPS) is 21.3. The van der Waals surface area contributed by atoms with Gasteiger partial charge in [-0.1, -0.05) is 117 Å². The molecule has 278 valence electrons. The zero-order chi connectivity index (χ0) is 36.4. The Morgan fingerprint density at radius 3 is 2.25 bits per heavy atom. The highest BCUT2D eigenvalue weighted by Crippen LogP contribution is 2.28. The number of nitrogens with one attached hydrogen (secondary N) is 2. The summed E-state index contributed by atoms with van der Waals surface area (Å²) >= 11 is 0. The molecule has 2 amide bonds. The molecule has 0 spiro atoms. The van der Waals surface area contributed by atoms with Crippen LogP contribution < -0.4 is 15.4 Å². The van der Waals surface area contributed by atoms with Crippen molar-refractivity contribution in [3.63, 3.8) is 0 Å². The van der Waals surface area contributed by atoms with Crippen LogP contribution in [0.15, 0.2) is 97.1 Å². The van der Waals surface area contributed by atoms with Crippen molar-refractivity contribution < 1.29 is 29.0 Å². The fourth-order valence-electron chi connectivity index (χ4n) is 7.38. The van der Waals surface area contributed by atoms with E-state index in [9.17, 15) is 19.5 Å². The number of rotatable bonds is 13. The van der Waals surface area contributed by atoms with Crippen molar-refractivity contribution in [2.45, 2.75) is 102 Å². The van der Waals surface area contributed by atoms with E-state index in [4.69, 9.17) is 9.47 Å². The third-order valence-corrected chi connectivity index (χ3v) is 10.3. The number of esters is 1. The molecule has 0 bridgehead atoms. The van der Waals surface area contributed by atoms with Crippen molar-refractivity contribution in [3.05, 3.63) is 114 Å². The Morgan fingerprint density at radius 2 is 1.54 bits per heavy atom. The summed E-state index contributed by atoms with van der Waals surface area (Å²) in [5.41, 5.74) is 3.15. The Labute approximate surface area is 309 Å². The molecule has 0 radical (unpaired) electrons. The smallest absolute Gasteiger partial charge is 0.309 e. The first-order valence-corrected chi connectivity index (χ1v) is 19.3. The van der Waals surface area contributed by atoms with E-state index in [-0.39, 0.29) is 49.4 Å². The highest BCUT2D eigenvalue weighted by molar-refractivity contribution is 5.86. The number of hydrogen-bond donors (Lipinski definition) is 3. The van der Waals surface area contributed by atoms with Gasteiger partial charge in [0, 0.05) is 6.42 Å². The predicted octanol–water partition coefficient (Wildman–Crippen LogP) is 7.28. The van der Waals surface area contributed by atoms with Gasteiger partial charge in [0.1, 0.15) is 19.0 Å². The molecule has 4 atom stereocenters. The number of carbonyl (C=O) groups is 3. The summed E-state index contributed by atoms with van der Waals surface area (Å²) in [7, 11) is 0. The van der Waals surface area contributed by atoms with Crippen LogP contribution in [0.4, 0.5) is 0 Å². The summed E-state index contributed by atoms with van der Waals surface area (Å²) in [6.45, 7) is 0.375. The number of hydrogen-bond acceptors (Lipinski definition) is 6. The van der Waals surface area contributed by atoms with Gasteiger partial charge in [-0.3, -0.25) is 14.4 Å². The summed E-state index contributed by atoms with van der Waals surface area (Å²) in [6.07, 6.45) is 14.4. The average Bonchev–Trinajstić information content (AvgIpc) is 3.17. The molecular weight excluding hydrogens is 652 g/mol. The van der Waals surface area contributed by atoms with Crippen LogP contribution in [0.5, 0.6) is 5.75 Å². The standard InChI is InChI=1S/C44H56N2O6/c47-30-39(27-35-22-24-41(25-23-35)51-31-36-18-10-5-11-19-36)45-42(48)29-37-20-12-1-2-13-21-38(26-33-14-6-3-7-15-33)44(50)52-32-40(46-43(37)49)28-34-16-8-4-9-17-34/h1,3,5-7,10-12,14-15,18-19,22-25,34,37-40,47H,2,4,8-9,13,16-17,20-21,26-32H2,(H,45,48)(H,46,49)/t37-,38-,39+,40+/m1/s1. The van der Waals surface area contributed by atoms with E-state index in [1.807, 2.05) is 91.0 Å². The number of ether oxygens (including phenoxy) is 2. The van der Waals surface area contributed by atoms with Gasteiger partial charge >= 0.3 is 5.97 Å². The van der Waals surface area contributed by atoms with Crippen LogP contribution in [-0.4, -0.2) is 48.2 Å². The second kappa shape index (κ2) is 21.2. The topological polar surface area (TPSA) is 114 Å². The summed E-state index contributed by atoms with van der Waals surface area (Å²) in [6, 6.07) is 26.9. The minimum atomic E-state index is -0.588. The van der Waals surface area contributed by atoms with Gasteiger partial charge in [-0.15, -0.1) is 0 Å². The van der Waals surface area contributed by atoms with Gasteiger partial charge in [-0.05, 0) is 79.7 Å². The Balaban J connectivity index is 1.19. The lowest BCUT2D eigenvalue weighted by Gasteiger charge is -2.29. The van der Waals surface area contributed by atoms with E-state index < -0.39 is 12.0 Å². The molecule has 8 heteroatoms. The van der Waals surface area contributed by atoms with E-state index >= 15 is 0 Å². The zero-order valence-corrected chi connectivity index (χ0v) is 30.4. The number of aliphatic hydroxyl groups is 1. The molecule has 5 rings (SSSR count). The van der Waals surface area contributed by atoms with E-state index in [1.54, 1.807) is 0 Å². The monoisotopic (exact) mass is 708 g/mol. The fraction of sp³-hybridized carbons (Fsp3) is 0.477.